The minimum Gasteiger partial charge on any atom is -0.493 e. The van der Waals surface area contributed by atoms with Crippen LogP contribution >= 0.6 is 11.8 Å². The van der Waals surface area contributed by atoms with E-state index >= 15 is 0 Å². The molecule has 9 heteroatoms. The number of ketones is 1. The Bertz CT molecular complexity index is 1260. The van der Waals surface area contributed by atoms with Gasteiger partial charge in [0, 0.05) is 23.4 Å². The van der Waals surface area contributed by atoms with Crippen LogP contribution in [0.1, 0.15) is 36.4 Å². The molecule has 0 unspecified atom stereocenters. The van der Waals surface area contributed by atoms with E-state index in [9.17, 15) is 9.18 Å². The quantitative estimate of drug-likeness (QED) is 0.525. The molecule has 2 aromatic carbocycles. The zero-order valence-corrected chi connectivity index (χ0v) is 19.1. The lowest BCUT2D eigenvalue weighted by molar-refractivity contribution is -0.116. The van der Waals surface area contributed by atoms with E-state index < -0.39 is 6.04 Å². The van der Waals surface area contributed by atoms with Crippen LogP contribution in [-0.4, -0.2) is 34.8 Å². The van der Waals surface area contributed by atoms with E-state index in [1.54, 1.807) is 25.0 Å². The normalized spacial score (nSPS) is 17.3. The van der Waals surface area contributed by atoms with Crippen molar-refractivity contribution in [3.8, 4) is 11.5 Å². The fraction of sp³-hybridized carbons (Fsp3) is 0.292. The van der Waals surface area contributed by atoms with E-state index in [0.29, 0.717) is 40.4 Å². The summed E-state index contributed by atoms with van der Waals surface area (Å²) in [5.41, 5.74) is 3.33. The molecule has 33 heavy (non-hydrogen) atoms. The summed E-state index contributed by atoms with van der Waals surface area (Å²) in [5.74, 6) is 2.17. The fourth-order valence-corrected chi connectivity index (χ4v) is 5.08. The molecule has 0 saturated carbocycles. The summed E-state index contributed by atoms with van der Waals surface area (Å²) in [5, 5.41) is 8.61. The number of nitrogens with zero attached hydrogens (tertiary/aromatic N) is 3. The summed E-state index contributed by atoms with van der Waals surface area (Å²) in [7, 11) is 3.17. The van der Waals surface area contributed by atoms with Gasteiger partial charge >= 0.3 is 0 Å². The molecule has 170 valence electrons. The molecule has 2 heterocycles. The maximum atomic E-state index is 13.5. The number of carbonyl (C=O) groups is 1. The molecule has 1 aliphatic carbocycles. The number of hydrogen-bond acceptors (Lipinski definition) is 7. The molecule has 1 N–H and O–H groups in total. The summed E-state index contributed by atoms with van der Waals surface area (Å²) in [4.78, 5) is 17.7. The first kappa shape index (κ1) is 21.5. The third-order valence-corrected chi connectivity index (χ3v) is 6.74. The van der Waals surface area contributed by atoms with Crippen LogP contribution in [0.5, 0.6) is 11.5 Å². The van der Waals surface area contributed by atoms with Gasteiger partial charge in [0.25, 0.3) is 0 Å². The summed E-state index contributed by atoms with van der Waals surface area (Å²) in [6.07, 6.45) is 2.09. The minimum atomic E-state index is -0.417. The number of halogens is 1. The van der Waals surface area contributed by atoms with Crippen LogP contribution in [0.3, 0.4) is 0 Å². The van der Waals surface area contributed by atoms with Crippen molar-refractivity contribution in [3.63, 3.8) is 0 Å². The van der Waals surface area contributed by atoms with Crippen molar-refractivity contribution >= 4 is 23.5 Å². The second-order valence-corrected chi connectivity index (χ2v) is 8.83. The van der Waals surface area contributed by atoms with E-state index in [1.165, 1.54) is 23.9 Å². The van der Waals surface area contributed by atoms with Crippen molar-refractivity contribution in [3.05, 3.63) is 70.7 Å². The number of aromatic nitrogens is 3. The largest absolute Gasteiger partial charge is 0.493 e. The van der Waals surface area contributed by atoms with Gasteiger partial charge in [0.15, 0.2) is 17.3 Å². The number of methoxy groups -OCH3 is 2. The summed E-state index contributed by atoms with van der Waals surface area (Å²) in [6, 6.07) is 11.7. The van der Waals surface area contributed by atoms with Crippen molar-refractivity contribution in [2.75, 3.05) is 19.5 Å². The predicted octanol–water partition coefficient (Wildman–Crippen LogP) is 4.75. The van der Waals surface area contributed by atoms with Crippen LogP contribution in [0.4, 0.5) is 10.3 Å². The summed E-state index contributed by atoms with van der Waals surface area (Å²) >= 11 is 1.42. The molecule has 0 bridgehead atoms. The molecule has 1 atom stereocenters. The van der Waals surface area contributed by atoms with Gasteiger partial charge in [-0.05, 0) is 48.2 Å². The van der Waals surface area contributed by atoms with Crippen LogP contribution in [0.2, 0.25) is 0 Å². The molecule has 1 aliphatic heterocycles. The van der Waals surface area contributed by atoms with Gasteiger partial charge in [-0.25, -0.2) is 9.07 Å². The van der Waals surface area contributed by atoms with Crippen molar-refractivity contribution in [1.29, 1.82) is 0 Å². The smallest absolute Gasteiger partial charge is 0.227 e. The van der Waals surface area contributed by atoms with Gasteiger partial charge in [-0.15, -0.1) is 5.10 Å². The van der Waals surface area contributed by atoms with E-state index in [1.807, 2.05) is 24.3 Å². The fourth-order valence-electron chi connectivity index (χ4n) is 4.30. The summed E-state index contributed by atoms with van der Waals surface area (Å²) in [6.45, 7) is 0. The first-order valence-corrected chi connectivity index (χ1v) is 11.6. The van der Waals surface area contributed by atoms with Gasteiger partial charge in [-0.2, -0.15) is 4.98 Å². The number of anilines is 1. The number of Topliss-reactive ketones (excluding diaryl/α,β-unsaturated/α-hetero) is 1. The zero-order valence-electron chi connectivity index (χ0n) is 18.3. The van der Waals surface area contributed by atoms with Gasteiger partial charge in [0.2, 0.25) is 11.1 Å². The van der Waals surface area contributed by atoms with E-state index in [0.717, 1.165) is 29.7 Å². The lowest BCUT2D eigenvalue weighted by atomic mass is 9.85. The number of allylic oxidation sites excluding steroid dienone is 2. The molecule has 5 rings (SSSR count). The van der Waals surface area contributed by atoms with Gasteiger partial charge in [0.05, 0.1) is 14.2 Å². The first-order valence-electron chi connectivity index (χ1n) is 10.7. The maximum absolute atomic E-state index is 13.5. The van der Waals surface area contributed by atoms with Crippen LogP contribution in [0.25, 0.3) is 0 Å². The topological polar surface area (TPSA) is 78.3 Å². The van der Waals surface area contributed by atoms with Crippen molar-refractivity contribution in [1.82, 2.24) is 14.8 Å². The van der Waals surface area contributed by atoms with E-state index in [4.69, 9.17) is 14.6 Å². The van der Waals surface area contributed by atoms with Crippen molar-refractivity contribution in [2.45, 2.75) is 36.2 Å². The second-order valence-electron chi connectivity index (χ2n) is 7.89. The van der Waals surface area contributed by atoms with E-state index in [-0.39, 0.29) is 11.6 Å². The third kappa shape index (κ3) is 4.08. The molecule has 0 spiro atoms. The molecular formula is C24H23FN4O3S. The van der Waals surface area contributed by atoms with Gasteiger partial charge in [-0.3, -0.25) is 4.79 Å². The van der Waals surface area contributed by atoms with Gasteiger partial charge in [-0.1, -0.05) is 30.0 Å². The number of thioether (sulfide) groups is 1. The number of ether oxygens (including phenoxy) is 2. The highest BCUT2D eigenvalue weighted by Gasteiger charge is 2.37. The molecule has 3 aromatic rings. The number of rotatable bonds is 6. The van der Waals surface area contributed by atoms with Crippen LogP contribution in [0, 0.1) is 5.82 Å². The number of hydrogen-bond donors (Lipinski definition) is 1. The molecule has 1 aromatic heterocycles. The number of carbonyl (C=O) groups excluding carboxylic acids is 1. The van der Waals surface area contributed by atoms with Crippen molar-refractivity contribution < 1.29 is 18.7 Å². The SMILES string of the molecule is COc1ccc([C@@H]2C3=C(CCCC3=O)Nc3nc(SCc4cccc(F)c4)nn32)cc1OC. The van der Waals surface area contributed by atoms with Crippen LogP contribution in [0.15, 0.2) is 58.9 Å². The van der Waals surface area contributed by atoms with Gasteiger partial charge < -0.3 is 14.8 Å². The molecule has 7 nitrogen and oxygen atoms in total. The first-order chi connectivity index (χ1) is 16.1. The van der Waals surface area contributed by atoms with Crippen LogP contribution in [-0.2, 0) is 10.5 Å². The third-order valence-electron chi connectivity index (χ3n) is 5.83. The average molecular weight is 467 g/mol. The van der Waals surface area contributed by atoms with Crippen molar-refractivity contribution in [2.24, 2.45) is 0 Å². The Balaban J connectivity index is 1.53. The maximum Gasteiger partial charge on any atom is 0.227 e. The average Bonchev–Trinajstić information content (AvgIpc) is 3.23. The Hall–Kier alpha value is -3.33. The Morgan fingerprint density at radius 2 is 2.00 bits per heavy atom. The molecule has 0 amide bonds. The number of fused-ring (bicyclic) bond motifs is 1. The minimum absolute atomic E-state index is 0.110. The number of benzene rings is 2. The molecule has 2 aliphatic rings. The lowest BCUT2D eigenvalue weighted by Gasteiger charge is -2.32. The lowest BCUT2D eigenvalue weighted by Crippen LogP contribution is -2.31. The van der Waals surface area contributed by atoms with E-state index in [2.05, 4.69) is 10.3 Å². The highest BCUT2D eigenvalue weighted by molar-refractivity contribution is 7.98. The second kappa shape index (κ2) is 8.90. The molecule has 0 fully saturated rings. The van der Waals surface area contributed by atoms with Gasteiger partial charge in [0.1, 0.15) is 11.9 Å². The standard InChI is InChI=1S/C24H23FN4O3S/c1-31-19-10-9-15(12-20(19)32-2)22-21-17(7-4-8-18(21)30)26-23-27-24(28-29(22)23)33-13-14-5-3-6-16(25)11-14/h3,5-6,9-12,22H,4,7-8,13H2,1-2H3,(H,26,27,28)/t22-/m1/s1. The van der Waals surface area contributed by atoms with Crippen LogP contribution < -0.4 is 14.8 Å². The highest BCUT2D eigenvalue weighted by atomic mass is 32.2. The Morgan fingerprint density at radius 3 is 2.79 bits per heavy atom. The Labute approximate surface area is 195 Å². The predicted molar refractivity (Wildman–Crippen MR) is 123 cm³/mol. The summed E-state index contributed by atoms with van der Waals surface area (Å²) < 4.78 is 26.2. The highest BCUT2D eigenvalue weighted by Crippen LogP contribution is 2.42. The number of nitrogens with one attached hydrogen (secondary N) is 1. The zero-order chi connectivity index (χ0) is 22.9. The molecule has 0 radical (unpaired) electrons. The molecular weight excluding hydrogens is 443 g/mol. The Kier molecular flexibility index (Phi) is 5.80. The Morgan fingerprint density at radius 1 is 1.15 bits per heavy atom. The monoisotopic (exact) mass is 466 g/mol. The molecule has 0 saturated heterocycles.